The standard InChI is InChI=1S/C10H15ClN4O2/c1-10(2,9(17)12-3)4-13-7-6(11)8(16)15-5-14-7/h5H,4H2,1-3H3,(H,12,17)(H2,13,14,15,16). The zero-order valence-corrected chi connectivity index (χ0v) is 10.7. The van der Waals surface area contributed by atoms with E-state index in [1.165, 1.54) is 6.33 Å². The number of aromatic amines is 1. The maximum absolute atomic E-state index is 11.5. The van der Waals surface area contributed by atoms with Crippen molar-refractivity contribution in [2.24, 2.45) is 5.41 Å². The third-order valence-electron chi connectivity index (χ3n) is 2.34. The monoisotopic (exact) mass is 258 g/mol. The predicted molar refractivity (Wildman–Crippen MR) is 66.2 cm³/mol. The van der Waals surface area contributed by atoms with Crippen LogP contribution in [0.1, 0.15) is 13.8 Å². The molecule has 0 fully saturated rings. The normalized spacial score (nSPS) is 11.1. The Morgan fingerprint density at radius 3 is 2.82 bits per heavy atom. The fraction of sp³-hybridized carbons (Fsp3) is 0.500. The molecule has 0 saturated carbocycles. The summed E-state index contributed by atoms with van der Waals surface area (Å²) >= 11 is 5.77. The van der Waals surface area contributed by atoms with Crippen molar-refractivity contribution in [3.63, 3.8) is 0 Å². The van der Waals surface area contributed by atoms with Gasteiger partial charge in [0, 0.05) is 13.6 Å². The van der Waals surface area contributed by atoms with Crippen LogP contribution in [0.5, 0.6) is 0 Å². The summed E-state index contributed by atoms with van der Waals surface area (Å²) in [6.07, 6.45) is 1.25. The quantitative estimate of drug-likeness (QED) is 0.738. The van der Waals surface area contributed by atoms with E-state index >= 15 is 0 Å². The summed E-state index contributed by atoms with van der Waals surface area (Å²) < 4.78 is 0. The number of hydrogen-bond acceptors (Lipinski definition) is 4. The second kappa shape index (κ2) is 5.18. The van der Waals surface area contributed by atoms with Gasteiger partial charge in [-0.05, 0) is 13.8 Å². The molecule has 0 aliphatic heterocycles. The lowest BCUT2D eigenvalue weighted by molar-refractivity contribution is -0.128. The number of hydrogen-bond donors (Lipinski definition) is 3. The van der Waals surface area contributed by atoms with Gasteiger partial charge in [0.1, 0.15) is 5.02 Å². The highest BCUT2D eigenvalue weighted by Gasteiger charge is 2.26. The Labute approximate surface area is 104 Å². The molecule has 0 spiro atoms. The van der Waals surface area contributed by atoms with Crippen molar-refractivity contribution in [1.29, 1.82) is 0 Å². The Bertz CT molecular complexity index is 470. The number of anilines is 1. The number of aromatic nitrogens is 2. The average Bonchev–Trinajstić information content (AvgIpc) is 2.30. The van der Waals surface area contributed by atoms with Crippen LogP contribution in [-0.2, 0) is 4.79 Å². The highest BCUT2D eigenvalue weighted by molar-refractivity contribution is 6.32. The van der Waals surface area contributed by atoms with Gasteiger partial charge in [-0.15, -0.1) is 0 Å². The topological polar surface area (TPSA) is 86.9 Å². The molecule has 6 nitrogen and oxygen atoms in total. The Kier molecular flexibility index (Phi) is 4.11. The minimum Gasteiger partial charge on any atom is -0.368 e. The maximum Gasteiger partial charge on any atom is 0.271 e. The third kappa shape index (κ3) is 3.20. The Morgan fingerprint density at radius 1 is 1.59 bits per heavy atom. The van der Waals surface area contributed by atoms with E-state index in [0.29, 0.717) is 6.54 Å². The van der Waals surface area contributed by atoms with Crippen molar-refractivity contribution >= 4 is 23.3 Å². The van der Waals surface area contributed by atoms with Crippen molar-refractivity contribution in [2.45, 2.75) is 13.8 Å². The number of nitrogens with zero attached hydrogens (tertiary/aromatic N) is 1. The van der Waals surface area contributed by atoms with Crippen LogP contribution < -0.4 is 16.2 Å². The van der Waals surface area contributed by atoms with E-state index in [0.717, 1.165) is 0 Å². The van der Waals surface area contributed by atoms with E-state index in [-0.39, 0.29) is 16.7 Å². The molecule has 0 aromatic carbocycles. The molecular formula is C10H15ClN4O2. The lowest BCUT2D eigenvalue weighted by Gasteiger charge is -2.23. The van der Waals surface area contributed by atoms with E-state index in [9.17, 15) is 9.59 Å². The molecule has 1 heterocycles. The summed E-state index contributed by atoms with van der Waals surface area (Å²) in [7, 11) is 1.57. The van der Waals surface area contributed by atoms with Crippen molar-refractivity contribution < 1.29 is 4.79 Å². The number of carbonyl (C=O) groups excluding carboxylic acids is 1. The molecule has 7 heteroatoms. The first-order valence-electron chi connectivity index (χ1n) is 5.07. The molecule has 17 heavy (non-hydrogen) atoms. The molecule has 1 aromatic heterocycles. The molecule has 94 valence electrons. The molecule has 0 aliphatic rings. The van der Waals surface area contributed by atoms with Crippen LogP contribution in [-0.4, -0.2) is 29.5 Å². The lowest BCUT2D eigenvalue weighted by Crippen LogP contribution is -2.39. The average molecular weight is 259 g/mol. The van der Waals surface area contributed by atoms with Crippen LogP contribution in [0.3, 0.4) is 0 Å². The van der Waals surface area contributed by atoms with Gasteiger partial charge in [-0.25, -0.2) is 4.98 Å². The zero-order chi connectivity index (χ0) is 13.1. The number of rotatable bonds is 4. The summed E-state index contributed by atoms with van der Waals surface area (Å²) in [4.78, 5) is 29.0. The first kappa shape index (κ1) is 13.5. The smallest absolute Gasteiger partial charge is 0.271 e. The van der Waals surface area contributed by atoms with E-state index < -0.39 is 11.0 Å². The molecule has 3 N–H and O–H groups in total. The molecule has 0 saturated heterocycles. The summed E-state index contributed by atoms with van der Waals surface area (Å²) in [6, 6.07) is 0. The van der Waals surface area contributed by atoms with Crippen LogP contribution in [0, 0.1) is 5.41 Å². The summed E-state index contributed by atoms with van der Waals surface area (Å²) in [5, 5.41) is 5.44. The van der Waals surface area contributed by atoms with E-state index in [1.54, 1.807) is 20.9 Å². The van der Waals surface area contributed by atoms with E-state index in [2.05, 4.69) is 20.6 Å². The largest absolute Gasteiger partial charge is 0.368 e. The van der Waals surface area contributed by atoms with Crippen molar-refractivity contribution in [3.8, 4) is 0 Å². The van der Waals surface area contributed by atoms with Gasteiger partial charge in [-0.2, -0.15) is 0 Å². The molecule has 0 bridgehead atoms. The van der Waals surface area contributed by atoms with Crippen LogP contribution >= 0.6 is 11.6 Å². The van der Waals surface area contributed by atoms with Gasteiger partial charge >= 0.3 is 0 Å². The number of halogens is 1. The van der Waals surface area contributed by atoms with Gasteiger partial charge in [-0.1, -0.05) is 11.6 Å². The number of H-pyrrole nitrogens is 1. The number of carbonyl (C=O) groups is 1. The Hall–Kier alpha value is -1.56. The molecule has 0 unspecified atom stereocenters. The Morgan fingerprint density at radius 2 is 2.24 bits per heavy atom. The van der Waals surface area contributed by atoms with E-state index in [1.807, 2.05) is 0 Å². The molecule has 1 aromatic rings. The molecule has 0 aliphatic carbocycles. The minimum absolute atomic E-state index is 0.0137. The fourth-order valence-corrected chi connectivity index (χ4v) is 1.40. The van der Waals surface area contributed by atoms with Gasteiger partial charge < -0.3 is 15.6 Å². The molecule has 0 radical (unpaired) electrons. The summed E-state index contributed by atoms with van der Waals surface area (Å²) in [6.45, 7) is 3.88. The first-order chi connectivity index (χ1) is 7.88. The van der Waals surface area contributed by atoms with Gasteiger partial charge in [0.25, 0.3) is 5.56 Å². The second-order valence-electron chi connectivity index (χ2n) is 4.21. The highest BCUT2D eigenvalue weighted by Crippen LogP contribution is 2.18. The van der Waals surface area contributed by atoms with Gasteiger partial charge in [0.2, 0.25) is 5.91 Å². The van der Waals surface area contributed by atoms with Crippen molar-refractivity contribution in [3.05, 3.63) is 21.7 Å². The van der Waals surface area contributed by atoms with Crippen LogP contribution in [0.2, 0.25) is 5.02 Å². The molecule has 0 atom stereocenters. The molecule has 1 rings (SSSR count). The van der Waals surface area contributed by atoms with Crippen LogP contribution in [0.4, 0.5) is 5.82 Å². The number of amides is 1. The second-order valence-corrected chi connectivity index (χ2v) is 4.59. The third-order valence-corrected chi connectivity index (χ3v) is 2.69. The zero-order valence-electron chi connectivity index (χ0n) is 9.93. The number of nitrogens with one attached hydrogen (secondary N) is 3. The lowest BCUT2D eigenvalue weighted by atomic mass is 9.92. The van der Waals surface area contributed by atoms with Gasteiger partial charge in [-0.3, -0.25) is 9.59 Å². The molecule has 1 amide bonds. The van der Waals surface area contributed by atoms with E-state index in [4.69, 9.17) is 11.6 Å². The van der Waals surface area contributed by atoms with Crippen LogP contribution in [0.25, 0.3) is 0 Å². The predicted octanol–water partition coefficient (Wildman–Crippen LogP) is 0.607. The minimum atomic E-state index is -0.623. The highest BCUT2D eigenvalue weighted by atomic mass is 35.5. The molecular weight excluding hydrogens is 244 g/mol. The Balaban J connectivity index is 2.77. The van der Waals surface area contributed by atoms with Crippen molar-refractivity contribution in [2.75, 3.05) is 18.9 Å². The summed E-state index contributed by atoms with van der Waals surface area (Å²) in [5.41, 5.74) is -1.04. The fourth-order valence-electron chi connectivity index (χ4n) is 1.23. The maximum atomic E-state index is 11.5. The van der Waals surface area contributed by atoms with Gasteiger partial charge in [0.15, 0.2) is 5.82 Å². The van der Waals surface area contributed by atoms with Crippen molar-refractivity contribution in [1.82, 2.24) is 15.3 Å². The first-order valence-corrected chi connectivity index (χ1v) is 5.45. The SMILES string of the molecule is CNC(=O)C(C)(C)CNc1nc[nH]c(=O)c1Cl. The van der Waals surface area contributed by atoms with Crippen LogP contribution in [0.15, 0.2) is 11.1 Å². The summed E-state index contributed by atoms with van der Waals surface area (Å²) in [5.74, 6) is 0.165. The van der Waals surface area contributed by atoms with Gasteiger partial charge in [0.05, 0.1) is 11.7 Å².